The molecule has 2 nitrogen and oxygen atoms in total. The van der Waals surface area contributed by atoms with Crippen LogP contribution >= 0.6 is 0 Å². The number of pyridine rings is 1. The Morgan fingerprint density at radius 3 is 2.63 bits per heavy atom. The summed E-state index contributed by atoms with van der Waals surface area (Å²) in [6.07, 6.45) is 10.5. The fourth-order valence-electron chi connectivity index (χ4n) is 6.01. The molecule has 102 valence electrons. The Hall–Kier alpha value is -0.890. The number of nitrogens with one attached hydrogen (secondary N) is 1. The molecule has 4 fully saturated rings. The zero-order chi connectivity index (χ0) is 12.9. The molecular formula is C17H24N2. The summed E-state index contributed by atoms with van der Waals surface area (Å²) in [5.74, 6) is 1.91. The summed E-state index contributed by atoms with van der Waals surface area (Å²) in [6, 6.07) is 6.50. The van der Waals surface area contributed by atoms with Gasteiger partial charge in [-0.1, -0.05) is 6.07 Å². The third kappa shape index (κ3) is 1.76. The second kappa shape index (κ2) is 4.05. The first kappa shape index (κ1) is 11.9. The van der Waals surface area contributed by atoms with Gasteiger partial charge in [-0.25, -0.2) is 0 Å². The molecule has 0 radical (unpaired) electrons. The van der Waals surface area contributed by atoms with Crippen LogP contribution in [0.3, 0.4) is 0 Å². The Morgan fingerprint density at radius 2 is 2.00 bits per heavy atom. The zero-order valence-corrected chi connectivity index (χ0v) is 11.9. The van der Waals surface area contributed by atoms with Gasteiger partial charge in [0.05, 0.1) is 0 Å². The average molecular weight is 256 g/mol. The van der Waals surface area contributed by atoms with Gasteiger partial charge in [0.1, 0.15) is 0 Å². The molecule has 1 N–H and O–H groups in total. The Morgan fingerprint density at radius 1 is 1.21 bits per heavy atom. The minimum atomic E-state index is 0.405. The predicted molar refractivity (Wildman–Crippen MR) is 77.0 cm³/mol. The van der Waals surface area contributed by atoms with Gasteiger partial charge in [0.2, 0.25) is 0 Å². The van der Waals surface area contributed by atoms with E-state index in [9.17, 15) is 0 Å². The highest BCUT2D eigenvalue weighted by molar-refractivity contribution is 5.25. The smallest absolute Gasteiger partial charge is 0.0465 e. The van der Waals surface area contributed by atoms with Crippen LogP contribution in [-0.4, -0.2) is 18.6 Å². The zero-order valence-electron chi connectivity index (χ0n) is 11.9. The summed E-state index contributed by atoms with van der Waals surface area (Å²) < 4.78 is 0. The van der Waals surface area contributed by atoms with Gasteiger partial charge in [0.15, 0.2) is 0 Å². The van der Waals surface area contributed by atoms with E-state index in [1.165, 1.54) is 50.8 Å². The Bertz CT molecular complexity index is 453. The van der Waals surface area contributed by atoms with E-state index in [1.807, 2.05) is 12.3 Å². The molecule has 2 atom stereocenters. The van der Waals surface area contributed by atoms with Crippen LogP contribution in [-0.2, 0) is 5.41 Å². The van der Waals surface area contributed by atoms with Crippen LogP contribution in [0.2, 0.25) is 0 Å². The van der Waals surface area contributed by atoms with Crippen LogP contribution in [0, 0.1) is 17.3 Å². The molecule has 0 amide bonds. The Kier molecular flexibility index (Phi) is 2.54. The van der Waals surface area contributed by atoms with Gasteiger partial charge in [-0.05, 0) is 75.0 Å². The molecule has 1 aromatic heterocycles. The molecule has 4 saturated carbocycles. The van der Waals surface area contributed by atoms with Crippen LogP contribution in [0.4, 0.5) is 0 Å². The summed E-state index contributed by atoms with van der Waals surface area (Å²) in [6.45, 7) is 1.20. The summed E-state index contributed by atoms with van der Waals surface area (Å²) in [5, 5.41) is 3.47. The van der Waals surface area contributed by atoms with Crippen molar-refractivity contribution in [2.75, 3.05) is 13.6 Å². The minimum absolute atomic E-state index is 0.405. The van der Waals surface area contributed by atoms with Gasteiger partial charge in [0, 0.05) is 23.9 Å². The van der Waals surface area contributed by atoms with Crippen LogP contribution in [0.15, 0.2) is 24.4 Å². The normalized spacial score (nSPS) is 43.6. The van der Waals surface area contributed by atoms with Gasteiger partial charge in [-0.3, -0.25) is 4.98 Å². The highest BCUT2D eigenvalue weighted by Gasteiger charge is 2.58. The quantitative estimate of drug-likeness (QED) is 0.898. The molecule has 2 heteroatoms. The van der Waals surface area contributed by atoms with Crippen molar-refractivity contribution in [3.8, 4) is 0 Å². The molecule has 4 aliphatic rings. The molecule has 0 aromatic carbocycles. The van der Waals surface area contributed by atoms with E-state index < -0.39 is 0 Å². The van der Waals surface area contributed by atoms with Crippen molar-refractivity contribution in [2.45, 2.75) is 43.9 Å². The SMILES string of the molecule is CNCC12CC3CC(C1)CC(c1ccccn1)(C3)C2. The van der Waals surface area contributed by atoms with Crippen LogP contribution in [0.5, 0.6) is 0 Å². The molecule has 0 aliphatic heterocycles. The third-order valence-corrected chi connectivity index (χ3v) is 5.94. The fourth-order valence-corrected chi connectivity index (χ4v) is 6.01. The first-order valence-corrected chi connectivity index (χ1v) is 7.80. The van der Waals surface area contributed by atoms with Crippen molar-refractivity contribution in [3.63, 3.8) is 0 Å². The lowest BCUT2D eigenvalue weighted by molar-refractivity contribution is -0.0713. The molecule has 1 heterocycles. The Balaban J connectivity index is 1.74. The van der Waals surface area contributed by atoms with Gasteiger partial charge >= 0.3 is 0 Å². The number of hydrogen-bond acceptors (Lipinski definition) is 2. The number of hydrogen-bond donors (Lipinski definition) is 1. The maximum Gasteiger partial charge on any atom is 0.0465 e. The van der Waals surface area contributed by atoms with Crippen LogP contribution in [0.1, 0.15) is 44.2 Å². The van der Waals surface area contributed by atoms with E-state index >= 15 is 0 Å². The van der Waals surface area contributed by atoms with Crippen molar-refractivity contribution in [1.29, 1.82) is 0 Å². The highest BCUT2D eigenvalue weighted by Crippen LogP contribution is 2.65. The van der Waals surface area contributed by atoms with Crippen molar-refractivity contribution in [3.05, 3.63) is 30.1 Å². The van der Waals surface area contributed by atoms with Gasteiger partial charge in [0.25, 0.3) is 0 Å². The van der Waals surface area contributed by atoms with E-state index in [-0.39, 0.29) is 0 Å². The van der Waals surface area contributed by atoms with E-state index in [0.29, 0.717) is 10.8 Å². The second-order valence-corrected chi connectivity index (χ2v) is 7.49. The van der Waals surface area contributed by atoms with Gasteiger partial charge < -0.3 is 5.32 Å². The lowest BCUT2D eigenvalue weighted by atomic mass is 9.43. The van der Waals surface area contributed by atoms with E-state index in [0.717, 1.165) is 11.8 Å². The lowest BCUT2D eigenvalue weighted by Gasteiger charge is -2.62. The third-order valence-electron chi connectivity index (χ3n) is 5.94. The molecule has 5 rings (SSSR count). The minimum Gasteiger partial charge on any atom is -0.319 e. The van der Waals surface area contributed by atoms with Crippen molar-refractivity contribution < 1.29 is 0 Å². The molecule has 4 bridgehead atoms. The van der Waals surface area contributed by atoms with Crippen molar-refractivity contribution >= 4 is 0 Å². The summed E-state index contributed by atoms with van der Waals surface area (Å²) in [7, 11) is 2.12. The van der Waals surface area contributed by atoms with Gasteiger partial charge in [-0.15, -0.1) is 0 Å². The molecule has 4 aliphatic carbocycles. The number of nitrogens with zero attached hydrogens (tertiary/aromatic N) is 1. The number of rotatable bonds is 3. The molecule has 0 saturated heterocycles. The summed E-state index contributed by atoms with van der Waals surface area (Å²) >= 11 is 0. The standard InChI is InChI=1S/C17H24N2/c1-18-12-16-7-13-6-14(8-16)10-17(9-13,11-16)15-4-2-3-5-19-15/h2-5,13-14,18H,6-12H2,1H3. The maximum absolute atomic E-state index is 4.74. The largest absolute Gasteiger partial charge is 0.319 e. The molecule has 0 spiro atoms. The second-order valence-electron chi connectivity index (χ2n) is 7.49. The predicted octanol–water partition coefficient (Wildman–Crippen LogP) is 3.14. The molecule has 19 heavy (non-hydrogen) atoms. The fraction of sp³-hybridized carbons (Fsp3) is 0.706. The maximum atomic E-state index is 4.74. The molecule has 2 unspecified atom stereocenters. The van der Waals surface area contributed by atoms with Crippen LogP contribution in [0.25, 0.3) is 0 Å². The van der Waals surface area contributed by atoms with Crippen LogP contribution < -0.4 is 5.32 Å². The van der Waals surface area contributed by atoms with Crippen molar-refractivity contribution in [2.24, 2.45) is 17.3 Å². The summed E-state index contributed by atoms with van der Waals surface area (Å²) in [5.41, 5.74) is 2.35. The number of aromatic nitrogens is 1. The van der Waals surface area contributed by atoms with Crippen molar-refractivity contribution in [1.82, 2.24) is 10.3 Å². The van der Waals surface area contributed by atoms with E-state index in [2.05, 4.69) is 24.5 Å². The first-order valence-electron chi connectivity index (χ1n) is 7.80. The topological polar surface area (TPSA) is 24.9 Å². The van der Waals surface area contributed by atoms with E-state index in [1.54, 1.807) is 0 Å². The Labute approximate surface area is 116 Å². The molecular weight excluding hydrogens is 232 g/mol. The first-order chi connectivity index (χ1) is 9.24. The van der Waals surface area contributed by atoms with E-state index in [4.69, 9.17) is 4.98 Å². The lowest BCUT2D eigenvalue weighted by Crippen LogP contribution is -2.56. The monoisotopic (exact) mass is 256 g/mol. The average Bonchev–Trinajstić information content (AvgIpc) is 2.38. The highest BCUT2D eigenvalue weighted by atomic mass is 14.9. The molecule has 1 aromatic rings. The summed E-state index contributed by atoms with van der Waals surface area (Å²) in [4.78, 5) is 4.74. The van der Waals surface area contributed by atoms with Gasteiger partial charge in [-0.2, -0.15) is 0 Å².